The van der Waals surface area contributed by atoms with E-state index < -0.39 is 16.1 Å². The first-order valence-corrected chi connectivity index (χ1v) is 11.2. The summed E-state index contributed by atoms with van der Waals surface area (Å²) in [5, 5.41) is 15.6. The van der Waals surface area contributed by atoms with Crippen molar-refractivity contribution in [1.82, 2.24) is 15.4 Å². The normalized spacial score (nSPS) is 22.8. The van der Waals surface area contributed by atoms with Crippen LogP contribution in [-0.2, 0) is 14.8 Å². The number of amides is 2. The third-order valence-corrected chi connectivity index (χ3v) is 6.14. The van der Waals surface area contributed by atoms with E-state index in [0.29, 0.717) is 24.3 Å². The van der Waals surface area contributed by atoms with E-state index >= 15 is 0 Å². The van der Waals surface area contributed by atoms with Gasteiger partial charge in [0.2, 0.25) is 10.0 Å². The van der Waals surface area contributed by atoms with Crippen LogP contribution in [0.5, 0.6) is 0 Å². The Labute approximate surface area is 171 Å². The van der Waals surface area contributed by atoms with Crippen LogP contribution in [0.1, 0.15) is 33.1 Å². The molecule has 1 heterocycles. The predicted molar refractivity (Wildman–Crippen MR) is 107 cm³/mol. The van der Waals surface area contributed by atoms with Crippen molar-refractivity contribution in [3.8, 4) is 0 Å². The van der Waals surface area contributed by atoms with Crippen molar-refractivity contribution < 1.29 is 23.1 Å². The Kier molecular flexibility index (Phi) is 8.51. The van der Waals surface area contributed by atoms with Gasteiger partial charge in [-0.2, -0.15) is 0 Å². The van der Waals surface area contributed by atoms with Gasteiger partial charge in [-0.1, -0.05) is 11.6 Å². The van der Waals surface area contributed by atoms with Crippen molar-refractivity contribution in [1.29, 1.82) is 0 Å². The highest BCUT2D eigenvalue weighted by Crippen LogP contribution is 2.22. The Morgan fingerprint density at radius 2 is 1.96 bits per heavy atom. The number of hydrogen-bond acceptors (Lipinski definition) is 5. The van der Waals surface area contributed by atoms with Gasteiger partial charge in [0, 0.05) is 17.6 Å². The van der Waals surface area contributed by atoms with Gasteiger partial charge < -0.3 is 20.5 Å². The van der Waals surface area contributed by atoms with E-state index in [0.717, 1.165) is 0 Å². The molecule has 1 aromatic carbocycles. The Hall–Kier alpha value is -1.39. The number of hydrogen-bond donors (Lipinski definition) is 4. The first-order chi connectivity index (χ1) is 13.2. The van der Waals surface area contributed by atoms with Crippen LogP contribution in [0, 0.1) is 0 Å². The zero-order chi connectivity index (χ0) is 20.7. The minimum absolute atomic E-state index is 0.0125. The number of rotatable bonds is 8. The maximum Gasteiger partial charge on any atom is 0.315 e. The van der Waals surface area contributed by atoms with Gasteiger partial charge in [-0.15, -0.1) is 0 Å². The number of urea groups is 1. The molecule has 0 aliphatic carbocycles. The van der Waals surface area contributed by atoms with Crippen LogP contribution in [0.25, 0.3) is 0 Å². The van der Waals surface area contributed by atoms with E-state index in [2.05, 4.69) is 15.4 Å². The fourth-order valence-corrected chi connectivity index (χ4v) is 4.21. The van der Waals surface area contributed by atoms with Crippen LogP contribution < -0.4 is 15.4 Å². The zero-order valence-corrected chi connectivity index (χ0v) is 17.6. The van der Waals surface area contributed by atoms with E-state index in [1.807, 2.05) is 13.8 Å². The first-order valence-electron chi connectivity index (χ1n) is 9.30. The molecule has 1 saturated heterocycles. The summed E-state index contributed by atoms with van der Waals surface area (Å²) >= 11 is 5.78. The molecule has 1 fully saturated rings. The van der Waals surface area contributed by atoms with Gasteiger partial charge in [-0.3, -0.25) is 0 Å². The molecule has 4 N–H and O–H groups in total. The molecule has 2 rings (SSSR count). The lowest BCUT2D eigenvalue weighted by Gasteiger charge is -2.36. The van der Waals surface area contributed by atoms with Gasteiger partial charge >= 0.3 is 6.03 Å². The topological polar surface area (TPSA) is 117 Å². The minimum atomic E-state index is -3.61. The van der Waals surface area contributed by atoms with Crippen LogP contribution in [0.4, 0.5) is 4.79 Å². The monoisotopic (exact) mass is 433 g/mol. The molecule has 2 amide bonds. The molecule has 1 aliphatic rings. The summed E-state index contributed by atoms with van der Waals surface area (Å²) in [6.45, 7) is 3.71. The second kappa shape index (κ2) is 10.4. The summed E-state index contributed by atoms with van der Waals surface area (Å²) in [4.78, 5) is 12.0. The Morgan fingerprint density at radius 3 is 2.57 bits per heavy atom. The van der Waals surface area contributed by atoms with Gasteiger partial charge in [-0.25, -0.2) is 17.9 Å². The summed E-state index contributed by atoms with van der Waals surface area (Å²) in [5.74, 6) is 0. The highest BCUT2D eigenvalue weighted by Gasteiger charge is 2.32. The standard InChI is InChI=1S/C18H28ClN3O5S/c1-12(2)21-18(24)22-16-8-5-14(27-17(16)11-23)9-10-20-28(25,26)15-6-3-13(19)4-7-15/h3-4,6-7,12,14,16-17,20,23H,5,8-11H2,1-2H3,(H2,21,22,24)/t14-,16-,17+/m0/s1. The Morgan fingerprint density at radius 1 is 1.29 bits per heavy atom. The van der Waals surface area contributed by atoms with E-state index in [9.17, 15) is 18.3 Å². The average molecular weight is 434 g/mol. The van der Waals surface area contributed by atoms with E-state index in [1.165, 1.54) is 24.3 Å². The molecule has 8 nitrogen and oxygen atoms in total. The highest BCUT2D eigenvalue weighted by molar-refractivity contribution is 7.89. The van der Waals surface area contributed by atoms with E-state index in [4.69, 9.17) is 16.3 Å². The summed E-state index contributed by atoms with van der Waals surface area (Å²) in [6.07, 6.45) is 1.05. The zero-order valence-electron chi connectivity index (χ0n) is 16.0. The Balaban J connectivity index is 1.81. The van der Waals surface area contributed by atoms with Crippen molar-refractivity contribution in [3.05, 3.63) is 29.3 Å². The molecule has 0 bridgehead atoms. The molecule has 3 atom stereocenters. The second-order valence-electron chi connectivity index (χ2n) is 7.08. The third-order valence-electron chi connectivity index (χ3n) is 4.41. The third kappa shape index (κ3) is 6.89. The molecule has 1 aromatic rings. The number of carbonyl (C=O) groups is 1. The molecule has 0 unspecified atom stereocenters. The quantitative estimate of drug-likeness (QED) is 0.497. The molecule has 158 valence electrons. The lowest BCUT2D eigenvalue weighted by atomic mass is 9.97. The molecule has 28 heavy (non-hydrogen) atoms. The predicted octanol–water partition coefficient (Wildman–Crippen LogP) is 1.62. The summed E-state index contributed by atoms with van der Waals surface area (Å²) in [7, 11) is -3.61. The largest absolute Gasteiger partial charge is 0.394 e. The molecule has 1 aliphatic heterocycles. The highest BCUT2D eigenvalue weighted by atomic mass is 35.5. The van der Waals surface area contributed by atoms with E-state index in [1.54, 1.807) is 0 Å². The fourth-order valence-electron chi connectivity index (χ4n) is 3.03. The minimum Gasteiger partial charge on any atom is -0.394 e. The van der Waals surface area contributed by atoms with Crippen LogP contribution in [0.3, 0.4) is 0 Å². The Bertz CT molecular complexity index is 742. The summed E-state index contributed by atoms with van der Waals surface area (Å²) in [6, 6.07) is 5.37. The summed E-state index contributed by atoms with van der Waals surface area (Å²) < 4.78 is 32.9. The van der Waals surface area contributed by atoms with Gasteiger partial charge in [-0.05, 0) is 57.4 Å². The SMILES string of the molecule is CC(C)NC(=O)N[C@H]1CC[C@@H](CCNS(=O)(=O)c2ccc(Cl)cc2)O[C@@H]1CO. The smallest absolute Gasteiger partial charge is 0.315 e. The molecule has 0 saturated carbocycles. The number of aliphatic hydroxyl groups is 1. The number of nitrogens with one attached hydrogen (secondary N) is 3. The molecule has 0 spiro atoms. The van der Waals surface area contributed by atoms with Crippen LogP contribution in [0.2, 0.25) is 5.02 Å². The van der Waals surface area contributed by atoms with Crippen LogP contribution >= 0.6 is 11.6 Å². The number of carbonyl (C=O) groups excluding carboxylic acids is 1. The van der Waals surface area contributed by atoms with Gasteiger partial charge in [0.1, 0.15) is 6.10 Å². The van der Waals surface area contributed by atoms with Crippen molar-refractivity contribution in [3.63, 3.8) is 0 Å². The maximum absolute atomic E-state index is 12.3. The van der Waals surface area contributed by atoms with Crippen molar-refractivity contribution in [2.24, 2.45) is 0 Å². The fraction of sp³-hybridized carbons (Fsp3) is 0.611. The molecule has 10 heteroatoms. The van der Waals surface area contributed by atoms with Gasteiger partial charge in [0.05, 0.1) is 23.6 Å². The molecular weight excluding hydrogens is 406 g/mol. The molecule has 0 aromatic heterocycles. The lowest BCUT2D eigenvalue weighted by Crippen LogP contribution is -2.54. The number of halogens is 1. The van der Waals surface area contributed by atoms with Crippen LogP contribution in [-0.4, -0.2) is 57.0 Å². The number of ether oxygens (including phenoxy) is 1. The van der Waals surface area contributed by atoms with Crippen molar-refractivity contribution in [2.75, 3.05) is 13.2 Å². The van der Waals surface area contributed by atoms with Gasteiger partial charge in [0.25, 0.3) is 0 Å². The average Bonchev–Trinajstić information content (AvgIpc) is 2.62. The maximum atomic E-state index is 12.3. The lowest BCUT2D eigenvalue weighted by molar-refractivity contribution is -0.0886. The molecule has 0 radical (unpaired) electrons. The number of benzene rings is 1. The first kappa shape index (κ1) is 22.9. The van der Waals surface area contributed by atoms with Crippen LogP contribution in [0.15, 0.2) is 29.2 Å². The van der Waals surface area contributed by atoms with Gasteiger partial charge in [0.15, 0.2) is 0 Å². The van der Waals surface area contributed by atoms with E-state index in [-0.39, 0.29) is 42.3 Å². The number of aliphatic hydroxyl groups excluding tert-OH is 1. The van der Waals surface area contributed by atoms with Crippen molar-refractivity contribution >= 4 is 27.7 Å². The summed E-state index contributed by atoms with van der Waals surface area (Å²) in [5.41, 5.74) is 0. The molecular formula is C18H28ClN3O5S. The van der Waals surface area contributed by atoms with Crippen molar-refractivity contribution in [2.45, 2.75) is 62.3 Å². The number of sulfonamides is 1. The second-order valence-corrected chi connectivity index (χ2v) is 9.28.